The minimum Gasteiger partial charge on any atom is -0.477 e. The van der Waals surface area contributed by atoms with Crippen molar-refractivity contribution in [1.82, 2.24) is 4.57 Å². The first kappa shape index (κ1) is 15.8. The van der Waals surface area contributed by atoms with E-state index in [0.29, 0.717) is 16.3 Å². The van der Waals surface area contributed by atoms with Crippen LogP contribution in [0.3, 0.4) is 0 Å². The number of rotatable bonds is 3. The molecule has 0 aliphatic rings. The van der Waals surface area contributed by atoms with Crippen LogP contribution in [0.25, 0.3) is 0 Å². The van der Waals surface area contributed by atoms with Gasteiger partial charge in [0.15, 0.2) is 0 Å². The summed E-state index contributed by atoms with van der Waals surface area (Å²) in [6, 6.07) is 7.06. The Morgan fingerprint density at radius 2 is 2.00 bits per heavy atom. The van der Waals surface area contributed by atoms with Crippen molar-refractivity contribution in [3.05, 3.63) is 66.5 Å². The molecule has 1 aromatic carbocycles. The molecule has 4 nitrogen and oxygen atoms in total. The van der Waals surface area contributed by atoms with E-state index in [-0.39, 0.29) is 12.1 Å². The highest BCUT2D eigenvalue weighted by Crippen LogP contribution is 2.22. The van der Waals surface area contributed by atoms with Crippen LogP contribution in [0, 0.1) is 13.8 Å². The standard InChI is InChI=1S/C15H13BrClNO3/c1-8-5-9(2)18(14(19)13(8)15(20)21)7-10-3-4-11(16)6-12(10)17/h3-6H,7H2,1-2H3,(H,20,21). The van der Waals surface area contributed by atoms with Gasteiger partial charge in [0.25, 0.3) is 5.56 Å². The molecular weight excluding hydrogens is 358 g/mol. The molecule has 0 saturated heterocycles. The minimum absolute atomic E-state index is 0.200. The van der Waals surface area contributed by atoms with Gasteiger partial charge in [0.2, 0.25) is 0 Å². The molecule has 1 N–H and O–H groups in total. The Balaban J connectivity index is 2.57. The molecule has 1 heterocycles. The van der Waals surface area contributed by atoms with Crippen molar-refractivity contribution >= 4 is 33.5 Å². The zero-order valence-corrected chi connectivity index (χ0v) is 13.8. The highest BCUT2D eigenvalue weighted by atomic mass is 79.9. The molecule has 0 amide bonds. The van der Waals surface area contributed by atoms with Gasteiger partial charge in [-0.2, -0.15) is 0 Å². The summed E-state index contributed by atoms with van der Waals surface area (Å²) >= 11 is 9.48. The summed E-state index contributed by atoms with van der Waals surface area (Å²) in [5.41, 5.74) is 1.20. The third kappa shape index (κ3) is 3.19. The molecule has 110 valence electrons. The molecule has 0 bridgehead atoms. The number of carboxylic acid groups (broad SMARTS) is 1. The largest absolute Gasteiger partial charge is 0.477 e. The van der Waals surface area contributed by atoms with Gasteiger partial charge in [0, 0.05) is 15.2 Å². The van der Waals surface area contributed by atoms with Crippen LogP contribution in [0.1, 0.15) is 27.2 Å². The van der Waals surface area contributed by atoms with Crippen molar-refractivity contribution in [1.29, 1.82) is 0 Å². The minimum atomic E-state index is -1.21. The molecule has 0 unspecified atom stereocenters. The Hall–Kier alpha value is -1.59. The first-order valence-corrected chi connectivity index (χ1v) is 7.36. The third-order valence-electron chi connectivity index (χ3n) is 3.26. The quantitative estimate of drug-likeness (QED) is 0.897. The van der Waals surface area contributed by atoms with Crippen LogP contribution in [-0.2, 0) is 6.54 Å². The van der Waals surface area contributed by atoms with Gasteiger partial charge in [-0.05, 0) is 43.2 Å². The van der Waals surface area contributed by atoms with Crippen LogP contribution in [-0.4, -0.2) is 15.6 Å². The fourth-order valence-corrected chi connectivity index (χ4v) is 2.94. The van der Waals surface area contributed by atoms with Crippen LogP contribution < -0.4 is 5.56 Å². The zero-order valence-electron chi connectivity index (χ0n) is 11.5. The van der Waals surface area contributed by atoms with Gasteiger partial charge < -0.3 is 9.67 Å². The number of aromatic nitrogens is 1. The molecule has 0 aliphatic carbocycles. The van der Waals surface area contributed by atoms with Crippen molar-refractivity contribution in [3.8, 4) is 0 Å². The first-order chi connectivity index (χ1) is 9.81. The summed E-state index contributed by atoms with van der Waals surface area (Å²) in [7, 11) is 0. The second-order valence-corrected chi connectivity index (χ2v) is 6.10. The van der Waals surface area contributed by atoms with E-state index in [1.54, 1.807) is 32.0 Å². The molecule has 0 spiro atoms. The number of nitrogens with zero attached hydrogens (tertiary/aromatic N) is 1. The van der Waals surface area contributed by atoms with E-state index in [4.69, 9.17) is 11.6 Å². The SMILES string of the molecule is Cc1cc(C)n(Cc2ccc(Br)cc2Cl)c(=O)c1C(=O)O. The highest BCUT2D eigenvalue weighted by Gasteiger charge is 2.17. The van der Waals surface area contributed by atoms with Crippen LogP contribution in [0.4, 0.5) is 0 Å². The zero-order chi connectivity index (χ0) is 15.7. The number of benzene rings is 1. The maximum atomic E-state index is 12.4. The maximum Gasteiger partial charge on any atom is 0.341 e. The summed E-state index contributed by atoms with van der Waals surface area (Å²) in [6.07, 6.45) is 0. The summed E-state index contributed by atoms with van der Waals surface area (Å²) in [4.78, 5) is 23.6. The number of carboxylic acids is 1. The summed E-state index contributed by atoms with van der Waals surface area (Å²) in [6.45, 7) is 3.62. The molecule has 0 aliphatic heterocycles. The lowest BCUT2D eigenvalue weighted by atomic mass is 10.1. The molecule has 0 saturated carbocycles. The van der Waals surface area contributed by atoms with Crippen molar-refractivity contribution in [2.24, 2.45) is 0 Å². The van der Waals surface area contributed by atoms with E-state index in [2.05, 4.69) is 15.9 Å². The second kappa shape index (κ2) is 6.03. The molecular formula is C15H13BrClNO3. The second-order valence-electron chi connectivity index (χ2n) is 4.78. The Bertz CT molecular complexity index is 783. The number of aryl methyl sites for hydroxylation is 2. The topological polar surface area (TPSA) is 59.3 Å². The molecule has 6 heteroatoms. The van der Waals surface area contributed by atoms with Gasteiger partial charge in [-0.1, -0.05) is 33.6 Å². The fraction of sp³-hybridized carbons (Fsp3) is 0.200. The number of pyridine rings is 1. The van der Waals surface area contributed by atoms with E-state index in [0.717, 1.165) is 10.0 Å². The summed E-state index contributed by atoms with van der Waals surface area (Å²) in [5, 5.41) is 9.69. The molecule has 2 aromatic rings. The molecule has 0 atom stereocenters. The van der Waals surface area contributed by atoms with Gasteiger partial charge in [-0.3, -0.25) is 4.79 Å². The van der Waals surface area contributed by atoms with E-state index in [9.17, 15) is 14.7 Å². The average Bonchev–Trinajstić information content (AvgIpc) is 2.35. The number of halogens is 2. The number of aromatic carboxylic acids is 1. The average molecular weight is 371 g/mol. The summed E-state index contributed by atoms with van der Waals surface area (Å²) in [5.74, 6) is -1.21. The van der Waals surface area contributed by atoms with E-state index < -0.39 is 11.5 Å². The van der Waals surface area contributed by atoms with Gasteiger partial charge in [-0.15, -0.1) is 0 Å². The fourth-order valence-electron chi connectivity index (χ4n) is 2.20. The third-order valence-corrected chi connectivity index (χ3v) is 4.11. The molecule has 21 heavy (non-hydrogen) atoms. The first-order valence-electron chi connectivity index (χ1n) is 6.19. The highest BCUT2D eigenvalue weighted by molar-refractivity contribution is 9.10. The number of hydrogen-bond acceptors (Lipinski definition) is 2. The van der Waals surface area contributed by atoms with Crippen LogP contribution in [0.2, 0.25) is 5.02 Å². The van der Waals surface area contributed by atoms with Crippen LogP contribution in [0.15, 0.2) is 33.5 Å². The van der Waals surface area contributed by atoms with Gasteiger partial charge in [0.05, 0.1) is 6.54 Å². The molecule has 0 fully saturated rings. The Labute approximate surface area is 135 Å². The number of carbonyl (C=O) groups is 1. The van der Waals surface area contributed by atoms with E-state index in [1.807, 2.05) is 6.07 Å². The van der Waals surface area contributed by atoms with Crippen molar-refractivity contribution < 1.29 is 9.90 Å². The van der Waals surface area contributed by atoms with Crippen LogP contribution in [0.5, 0.6) is 0 Å². The normalized spacial score (nSPS) is 10.7. The lowest BCUT2D eigenvalue weighted by Gasteiger charge is -2.14. The van der Waals surface area contributed by atoms with Gasteiger partial charge in [0.1, 0.15) is 5.56 Å². The maximum absolute atomic E-state index is 12.4. The summed E-state index contributed by atoms with van der Waals surface area (Å²) < 4.78 is 2.27. The lowest BCUT2D eigenvalue weighted by Crippen LogP contribution is -2.29. The predicted octanol–water partition coefficient (Wildman–Crippen LogP) is 3.63. The number of hydrogen-bond donors (Lipinski definition) is 1. The van der Waals surface area contributed by atoms with E-state index in [1.165, 1.54) is 4.57 Å². The predicted molar refractivity (Wildman–Crippen MR) is 85.4 cm³/mol. The Morgan fingerprint density at radius 1 is 1.33 bits per heavy atom. The Morgan fingerprint density at radius 3 is 2.57 bits per heavy atom. The molecule has 1 aromatic heterocycles. The monoisotopic (exact) mass is 369 g/mol. The Kier molecular flexibility index (Phi) is 4.54. The van der Waals surface area contributed by atoms with Crippen molar-refractivity contribution in [3.63, 3.8) is 0 Å². The molecule has 0 radical (unpaired) electrons. The van der Waals surface area contributed by atoms with Crippen molar-refractivity contribution in [2.75, 3.05) is 0 Å². The lowest BCUT2D eigenvalue weighted by molar-refractivity contribution is 0.0693. The molecule has 2 rings (SSSR count). The van der Waals surface area contributed by atoms with Gasteiger partial charge in [-0.25, -0.2) is 4.79 Å². The van der Waals surface area contributed by atoms with Crippen LogP contribution >= 0.6 is 27.5 Å². The van der Waals surface area contributed by atoms with Gasteiger partial charge >= 0.3 is 5.97 Å². The van der Waals surface area contributed by atoms with E-state index >= 15 is 0 Å². The van der Waals surface area contributed by atoms with Crippen molar-refractivity contribution in [2.45, 2.75) is 20.4 Å². The smallest absolute Gasteiger partial charge is 0.341 e.